The van der Waals surface area contributed by atoms with E-state index in [0.29, 0.717) is 11.1 Å². The van der Waals surface area contributed by atoms with Crippen LogP contribution in [0.4, 0.5) is 0 Å². The Kier molecular flexibility index (Phi) is 3.68. The minimum Gasteiger partial charge on any atom is -0.299 e. The molecule has 1 aromatic heterocycles. The fraction of sp³-hybridized carbons (Fsp3) is 0.600. The predicted molar refractivity (Wildman–Crippen MR) is 71.8 cm³/mol. The van der Waals surface area contributed by atoms with Crippen molar-refractivity contribution in [3.63, 3.8) is 0 Å². The average molecular weight is 243 g/mol. The van der Waals surface area contributed by atoms with Crippen molar-refractivity contribution in [3.05, 3.63) is 29.6 Å². The zero-order valence-corrected chi connectivity index (χ0v) is 11.5. The van der Waals surface area contributed by atoms with E-state index in [0.717, 1.165) is 25.6 Å². The lowest BCUT2D eigenvalue weighted by Crippen LogP contribution is -2.25. The fourth-order valence-electron chi connectivity index (χ4n) is 2.58. The van der Waals surface area contributed by atoms with E-state index in [1.54, 1.807) is 6.20 Å². The van der Waals surface area contributed by atoms with Crippen LogP contribution >= 0.6 is 0 Å². The smallest absolute Gasteiger partial charge is 0.140 e. The molecule has 2 rings (SSSR count). The first-order chi connectivity index (χ1) is 8.49. The van der Waals surface area contributed by atoms with Crippen LogP contribution in [0.1, 0.15) is 38.4 Å². The van der Waals surface area contributed by atoms with Crippen LogP contribution in [-0.4, -0.2) is 23.0 Å². The molecule has 1 aromatic rings. The Morgan fingerprint density at radius 1 is 1.50 bits per heavy atom. The fourth-order valence-corrected chi connectivity index (χ4v) is 2.58. The van der Waals surface area contributed by atoms with Crippen LogP contribution in [0.2, 0.25) is 0 Å². The molecule has 0 amide bonds. The van der Waals surface area contributed by atoms with Gasteiger partial charge in [0.05, 0.1) is 0 Å². The summed E-state index contributed by atoms with van der Waals surface area (Å²) in [5.41, 5.74) is 2.10. The zero-order chi connectivity index (χ0) is 13.2. The van der Waals surface area contributed by atoms with E-state index < -0.39 is 0 Å². The van der Waals surface area contributed by atoms with E-state index in [1.165, 1.54) is 12.0 Å². The topological polar surface area (TPSA) is 39.9 Å². The second kappa shape index (κ2) is 5.07. The Hall–Kier alpha value is -1.40. The second-order valence-corrected chi connectivity index (χ2v) is 6.25. The number of hydrogen-bond donors (Lipinski definition) is 0. The molecule has 18 heavy (non-hydrogen) atoms. The molecule has 0 aromatic carbocycles. The Morgan fingerprint density at radius 2 is 2.28 bits per heavy atom. The number of pyridine rings is 1. The maximum atomic E-state index is 8.85. The maximum Gasteiger partial charge on any atom is 0.140 e. The van der Waals surface area contributed by atoms with Gasteiger partial charge in [-0.1, -0.05) is 20.8 Å². The normalized spacial score (nSPS) is 20.9. The first-order valence-corrected chi connectivity index (χ1v) is 6.56. The number of likely N-dealkylation sites (tertiary alicyclic amines) is 1. The van der Waals surface area contributed by atoms with Crippen LogP contribution in [0.25, 0.3) is 0 Å². The average Bonchev–Trinajstić information content (AvgIpc) is 2.77. The van der Waals surface area contributed by atoms with Gasteiger partial charge >= 0.3 is 0 Å². The molecule has 0 spiro atoms. The number of nitriles is 1. The molecule has 1 aliphatic heterocycles. The Bertz CT molecular complexity index is 454. The summed E-state index contributed by atoms with van der Waals surface area (Å²) in [6, 6.07) is 5.99. The summed E-state index contributed by atoms with van der Waals surface area (Å²) in [6.07, 6.45) is 3.00. The van der Waals surface area contributed by atoms with E-state index in [4.69, 9.17) is 5.26 Å². The third-order valence-electron chi connectivity index (χ3n) is 3.84. The highest BCUT2D eigenvalue weighted by atomic mass is 15.1. The first-order valence-electron chi connectivity index (χ1n) is 6.56. The number of hydrogen-bond acceptors (Lipinski definition) is 3. The summed E-state index contributed by atoms with van der Waals surface area (Å²) in [6.45, 7) is 10.2. The minimum atomic E-state index is 0.394. The van der Waals surface area contributed by atoms with Gasteiger partial charge in [-0.15, -0.1) is 0 Å². The second-order valence-electron chi connectivity index (χ2n) is 6.25. The van der Waals surface area contributed by atoms with Crippen molar-refractivity contribution in [3.8, 4) is 6.07 Å². The molecule has 1 fully saturated rings. The third kappa shape index (κ3) is 3.08. The summed E-state index contributed by atoms with van der Waals surface area (Å²) < 4.78 is 0. The van der Waals surface area contributed by atoms with Gasteiger partial charge < -0.3 is 0 Å². The van der Waals surface area contributed by atoms with Gasteiger partial charge in [-0.05, 0) is 42.0 Å². The number of aromatic nitrogens is 1. The van der Waals surface area contributed by atoms with Crippen LogP contribution in [0.5, 0.6) is 0 Å². The van der Waals surface area contributed by atoms with Crippen LogP contribution in [-0.2, 0) is 6.54 Å². The molecule has 0 bridgehead atoms. The summed E-state index contributed by atoms with van der Waals surface area (Å²) in [5.74, 6) is 0.773. The predicted octanol–water partition coefficient (Wildman–Crippen LogP) is 2.82. The summed E-state index contributed by atoms with van der Waals surface area (Å²) >= 11 is 0. The molecule has 1 aliphatic rings. The Labute approximate surface area is 109 Å². The van der Waals surface area contributed by atoms with Gasteiger partial charge in [-0.3, -0.25) is 4.90 Å². The minimum absolute atomic E-state index is 0.394. The molecule has 0 radical (unpaired) electrons. The van der Waals surface area contributed by atoms with Gasteiger partial charge in [0, 0.05) is 19.3 Å². The molecule has 1 saturated heterocycles. The van der Waals surface area contributed by atoms with E-state index >= 15 is 0 Å². The van der Waals surface area contributed by atoms with Crippen molar-refractivity contribution in [2.24, 2.45) is 11.3 Å². The van der Waals surface area contributed by atoms with Gasteiger partial charge in [0.1, 0.15) is 11.8 Å². The van der Waals surface area contributed by atoms with Crippen molar-refractivity contribution in [1.29, 1.82) is 5.26 Å². The number of rotatable bonds is 2. The highest BCUT2D eigenvalue weighted by molar-refractivity contribution is 5.25. The largest absolute Gasteiger partial charge is 0.299 e. The third-order valence-corrected chi connectivity index (χ3v) is 3.84. The van der Waals surface area contributed by atoms with Crippen LogP contribution in [0.15, 0.2) is 18.3 Å². The van der Waals surface area contributed by atoms with Crippen molar-refractivity contribution >= 4 is 0 Å². The SMILES string of the molecule is CC(C)(C)C1CCN(Cc2ccnc(C#N)c2)C1. The molecule has 0 N–H and O–H groups in total. The van der Waals surface area contributed by atoms with Crippen molar-refractivity contribution in [1.82, 2.24) is 9.88 Å². The molecule has 2 heterocycles. The standard InChI is InChI=1S/C15H21N3/c1-15(2,3)13-5-7-18(11-13)10-12-4-6-17-14(8-12)9-16/h4,6,8,13H,5,7,10-11H2,1-3H3. The molecule has 0 aliphatic carbocycles. The zero-order valence-electron chi connectivity index (χ0n) is 11.5. The lowest BCUT2D eigenvalue weighted by Gasteiger charge is -2.27. The van der Waals surface area contributed by atoms with E-state index in [2.05, 4.69) is 36.7 Å². The lowest BCUT2D eigenvalue weighted by atomic mass is 9.80. The van der Waals surface area contributed by atoms with Crippen LogP contribution in [0, 0.1) is 22.7 Å². The quantitative estimate of drug-likeness (QED) is 0.802. The molecule has 3 nitrogen and oxygen atoms in total. The van der Waals surface area contributed by atoms with Gasteiger partial charge in [0.15, 0.2) is 0 Å². The monoisotopic (exact) mass is 243 g/mol. The van der Waals surface area contributed by atoms with Crippen LogP contribution in [0.3, 0.4) is 0 Å². The van der Waals surface area contributed by atoms with Crippen molar-refractivity contribution in [2.75, 3.05) is 13.1 Å². The highest BCUT2D eigenvalue weighted by Crippen LogP contribution is 2.33. The van der Waals surface area contributed by atoms with Gasteiger partial charge in [0.25, 0.3) is 0 Å². The van der Waals surface area contributed by atoms with Gasteiger partial charge in [0.2, 0.25) is 0 Å². The van der Waals surface area contributed by atoms with E-state index in [1.807, 2.05) is 12.1 Å². The van der Waals surface area contributed by atoms with Crippen molar-refractivity contribution < 1.29 is 0 Å². The Balaban J connectivity index is 1.97. The maximum absolute atomic E-state index is 8.85. The summed E-state index contributed by atoms with van der Waals surface area (Å²) in [4.78, 5) is 6.49. The molecule has 96 valence electrons. The molecule has 1 unspecified atom stereocenters. The molecular formula is C15H21N3. The first kappa shape index (κ1) is 13.0. The van der Waals surface area contributed by atoms with Gasteiger partial charge in [-0.25, -0.2) is 4.98 Å². The summed E-state index contributed by atoms with van der Waals surface area (Å²) in [5, 5.41) is 8.85. The lowest BCUT2D eigenvalue weighted by molar-refractivity contribution is 0.226. The summed E-state index contributed by atoms with van der Waals surface area (Å²) in [7, 11) is 0. The highest BCUT2D eigenvalue weighted by Gasteiger charge is 2.31. The van der Waals surface area contributed by atoms with E-state index in [9.17, 15) is 0 Å². The Morgan fingerprint density at radius 3 is 2.89 bits per heavy atom. The number of nitrogens with zero attached hydrogens (tertiary/aromatic N) is 3. The van der Waals surface area contributed by atoms with Gasteiger partial charge in [-0.2, -0.15) is 5.26 Å². The van der Waals surface area contributed by atoms with Crippen LogP contribution < -0.4 is 0 Å². The molecule has 3 heteroatoms. The molecule has 0 saturated carbocycles. The molecular weight excluding hydrogens is 222 g/mol. The van der Waals surface area contributed by atoms with E-state index in [-0.39, 0.29) is 0 Å². The molecule has 1 atom stereocenters. The van der Waals surface area contributed by atoms with Crippen molar-refractivity contribution in [2.45, 2.75) is 33.7 Å².